The Morgan fingerprint density at radius 1 is 1.42 bits per heavy atom. The van der Waals surface area contributed by atoms with Crippen molar-refractivity contribution in [3.05, 3.63) is 33.8 Å². The maximum absolute atomic E-state index is 11.3. The SMILES string of the molecule is CC(c1ccc(Cl)c(Cl)c1)N1CCC(C)(C(=O)O)C1. The minimum absolute atomic E-state index is 0.135. The Kier molecular flexibility index (Phi) is 4.09. The maximum Gasteiger partial charge on any atom is 0.310 e. The first-order chi connectivity index (χ1) is 8.83. The number of carboxylic acids is 1. The average Bonchev–Trinajstić information content (AvgIpc) is 2.76. The number of aliphatic carboxylic acids is 1. The molecule has 0 spiro atoms. The Hall–Kier alpha value is -0.770. The third-order valence-electron chi connectivity index (χ3n) is 3.99. The summed E-state index contributed by atoms with van der Waals surface area (Å²) in [4.78, 5) is 13.4. The molecular formula is C14H17Cl2NO2. The van der Waals surface area contributed by atoms with Gasteiger partial charge < -0.3 is 5.11 Å². The second-order valence-corrected chi connectivity index (χ2v) is 6.25. The fourth-order valence-corrected chi connectivity index (χ4v) is 2.79. The molecule has 3 nitrogen and oxygen atoms in total. The molecule has 1 aromatic carbocycles. The second kappa shape index (κ2) is 5.31. The fraction of sp³-hybridized carbons (Fsp3) is 0.500. The van der Waals surface area contributed by atoms with Crippen LogP contribution in [0.1, 0.15) is 31.9 Å². The first-order valence-electron chi connectivity index (χ1n) is 6.26. The van der Waals surface area contributed by atoms with Crippen LogP contribution in [-0.2, 0) is 4.79 Å². The van der Waals surface area contributed by atoms with Gasteiger partial charge >= 0.3 is 5.97 Å². The number of likely N-dealkylation sites (tertiary alicyclic amines) is 1. The summed E-state index contributed by atoms with van der Waals surface area (Å²) >= 11 is 11.9. The van der Waals surface area contributed by atoms with E-state index in [2.05, 4.69) is 11.8 Å². The van der Waals surface area contributed by atoms with Crippen LogP contribution >= 0.6 is 23.2 Å². The van der Waals surface area contributed by atoms with Crippen LogP contribution in [0, 0.1) is 5.41 Å². The van der Waals surface area contributed by atoms with Crippen molar-refractivity contribution in [1.82, 2.24) is 4.90 Å². The highest BCUT2D eigenvalue weighted by atomic mass is 35.5. The summed E-state index contributed by atoms with van der Waals surface area (Å²) < 4.78 is 0. The van der Waals surface area contributed by atoms with Crippen LogP contribution in [-0.4, -0.2) is 29.1 Å². The first-order valence-corrected chi connectivity index (χ1v) is 7.01. The van der Waals surface area contributed by atoms with E-state index in [-0.39, 0.29) is 6.04 Å². The zero-order chi connectivity index (χ0) is 14.2. The lowest BCUT2D eigenvalue weighted by molar-refractivity contribution is -0.147. The zero-order valence-electron chi connectivity index (χ0n) is 11.0. The summed E-state index contributed by atoms with van der Waals surface area (Å²) in [5, 5.41) is 10.3. The molecule has 1 aliphatic heterocycles. The zero-order valence-corrected chi connectivity index (χ0v) is 12.5. The number of carboxylic acid groups (broad SMARTS) is 1. The number of hydrogen-bond donors (Lipinski definition) is 1. The van der Waals surface area contributed by atoms with Crippen molar-refractivity contribution in [3.63, 3.8) is 0 Å². The molecule has 0 saturated carbocycles. The third kappa shape index (κ3) is 2.88. The number of rotatable bonds is 3. The van der Waals surface area contributed by atoms with Gasteiger partial charge in [0.25, 0.3) is 0 Å². The highest BCUT2D eigenvalue weighted by Gasteiger charge is 2.41. The second-order valence-electron chi connectivity index (χ2n) is 5.44. The van der Waals surface area contributed by atoms with Gasteiger partial charge in [0, 0.05) is 12.6 Å². The van der Waals surface area contributed by atoms with Crippen LogP contribution < -0.4 is 0 Å². The van der Waals surface area contributed by atoms with Gasteiger partial charge in [0.15, 0.2) is 0 Å². The molecule has 2 unspecified atom stereocenters. The summed E-state index contributed by atoms with van der Waals surface area (Å²) in [7, 11) is 0. The van der Waals surface area contributed by atoms with Gasteiger partial charge in [-0.2, -0.15) is 0 Å². The van der Waals surface area contributed by atoms with E-state index in [4.69, 9.17) is 23.2 Å². The summed E-state index contributed by atoms with van der Waals surface area (Å²) in [5.41, 5.74) is 0.411. The van der Waals surface area contributed by atoms with Crippen molar-refractivity contribution >= 4 is 29.2 Å². The topological polar surface area (TPSA) is 40.5 Å². The molecule has 2 rings (SSSR count). The molecule has 1 saturated heterocycles. The Balaban J connectivity index is 2.15. The highest BCUT2D eigenvalue weighted by Crippen LogP contribution is 2.36. The summed E-state index contributed by atoms with van der Waals surface area (Å²) in [5.74, 6) is -0.726. The van der Waals surface area contributed by atoms with Crippen LogP contribution in [0.15, 0.2) is 18.2 Å². The van der Waals surface area contributed by atoms with Crippen molar-refractivity contribution < 1.29 is 9.90 Å². The minimum atomic E-state index is -0.726. The lowest BCUT2D eigenvalue weighted by Gasteiger charge is -2.26. The van der Waals surface area contributed by atoms with Gasteiger partial charge in [-0.05, 0) is 44.5 Å². The number of hydrogen-bond acceptors (Lipinski definition) is 2. The highest BCUT2D eigenvalue weighted by molar-refractivity contribution is 6.42. The van der Waals surface area contributed by atoms with Gasteiger partial charge in [0.05, 0.1) is 15.5 Å². The van der Waals surface area contributed by atoms with E-state index < -0.39 is 11.4 Å². The predicted octanol–water partition coefficient (Wildman–Crippen LogP) is 3.85. The van der Waals surface area contributed by atoms with E-state index in [1.807, 2.05) is 12.1 Å². The largest absolute Gasteiger partial charge is 0.481 e. The van der Waals surface area contributed by atoms with Gasteiger partial charge in [-0.15, -0.1) is 0 Å². The molecule has 1 aliphatic rings. The van der Waals surface area contributed by atoms with Crippen LogP contribution in [0.4, 0.5) is 0 Å². The maximum atomic E-state index is 11.3. The van der Waals surface area contributed by atoms with E-state index in [1.54, 1.807) is 13.0 Å². The lowest BCUT2D eigenvalue weighted by atomic mass is 9.90. The summed E-state index contributed by atoms with van der Waals surface area (Å²) in [6, 6.07) is 5.71. The van der Waals surface area contributed by atoms with E-state index in [0.717, 1.165) is 12.1 Å². The van der Waals surface area contributed by atoms with E-state index in [9.17, 15) is 9.90 Å². The van der Waals surface area contributed by atoms with Crippen LogP contribution in [0.25, 0.3) is 0 Å². The van der Waals surface area contributed by atoms with Crippen molar-refractivity contribution in [2.24, 2.45) is 5.41 Å². The molecule has 1 aromatic rings. The molecular weight excluding hydrogens is 285 g/mol. The molecule has 1 N–H and O–H groups in total. The molecule has 104 valence electrons. The van der Waals surface area contributed by atoms with Gasteiger partial charge in [0.2, 0.25) is 0 Å². The molecule has 2 atom stereocenters. The van der Waals surface area contributed by atoms with Crippen LogP contribution in [0.2, 0.25) is 10.0 Å². The van der Waals surface area contributed by atoms with Gasteiger partial charge in [-0.3, -0.25) is 9.69 Å². The monoisotopic (exact) mass is 301 g/mol. The molecule has 1 fully saturated rings. The molecule has 1 heterocycles. The molecule has 0 aromatic heterocycles. The third-order valence-corrected chi connectivity index (χ3v) is 4.73. The molecule has 5 heteroatoms. The van der Waals surface area contributed by atoms with Crippen molar-refractivity contribution in [2.45, 2.75) is 26.3 Å². The van der Waals surface area contributed by atoms with E-state index >= 15 is 0 Å². The lowest BCUT2D eigenvalue weighted by Crippen LogP contribution is -2.32. The number of carbonyl (C=O) groups is 1. The quantitative estimate of drug-likeness (QED) is 0.922. The fourth-order valence-electron chi connectivity index (χ4n) is 2.48. The Labute approximate surface area is 123 Å². The number of halogens is 2. The van der Waals surface area contributed by atoms with Gasteiger partial charge in [0.1, 0.15) is 0 Å². The van der Waals surface area contributed by atoms with Crippen LogP contribution in [0.3, 0.4) is 0 Å². The summed E-state index contributed by atoms with van der Waals surface area (Å²) in [6.07, 6.45) is 0.675. The smallest absolute Gasteiger partial charge is 0.310 e. The van der Waals surface area contributed by atoms with Gasteiger partial charge in [-0.25, -0.2) is 0 Å². The van der Waals surface area contributed by atoms with Crippen molar-refractivity contribution in [1.29, 1.82) is 0 Å². The minimum Gasteiger partial charge on any atom is -0.481 e. The van der Waals surface area contributed by atoms with Gasteiger partial charge in [-0.1, -0.05) is 29.3 Å². The molecule has 0 bridgehead atoms. The first kappa shape index (κ1) is 14.6. The number of benzene rings is 1. The Morgan fingerprint density at radius 2 is 2.11 bits per heavy atom. The summed E-state index contributed by atoms with van der Waals surface area (Å²) in [6.45, 7) is 5.21. The molecule has 19 heavy (non-hydrogen) atoms. The Bertz CT molecular complexity index is 506. The van der Waals surface area contributed by atoms with E-state index in [1.165, 1.54) is 0 Å². The Morgan fingerprint density at radius 3 is 2.63 bits per heavy atom. The molecule has 0 radical (unpaired) electrons. The van der Waals surface area contributed by atoms with Crippen molar-refractivity contribution in [3.8, 4) is 0 Å². The standard InChI is InChI=1S/C14H17Cl2NO2/c1-9(10-3-4-11(15)12(16)7-10)17-6-5-14(2,8-17)13(18)19/h3-4,7,9H,5-6,8H2,1-2H3,(H,18,19). The predicted molar refractivity (Wildman–Crippen MR) is 76.8 cm³/mol. The van der Waals surface area contributed by atoms with Crippen molar-refractivity contribution in [2.75, 3.05) is 13.1 Å². The average molecular weight is 302 g/mol. The molecule has 0 amide bonds. The molecule has 0 aliphatic carbocycles. The normalized spacial score (nSPS) is 25.5. The number of nitrogens with zero attached hydrogens (tertiary/aromatic N) is 1. The van der Waals surface area contributed by atoms with Crippen LogP contribution in [0.5, 0.6) is 0 Å². The van der Waals surface area contributed by atoms with E-state index in [0.29, 0.717) is 23.0 Å².